The lowest BCUT2D eigenvalue weighted by molar-refractivity contribution is 0.00114. The van der Waals surface area contributed by atoms with Crippen LogP contribution >= 0.6 is 11.6 Å². The highest BCUT2D eigenvalue weighted by molar-refractivity contribution is 6.31. The minimum Gasteiger partial charge on any atom is -0.321 e. The Morgan fingerprint density at radius 3 is 2.59 bits per heavy atom. The van der Waals surface area contributed by atoms with E-state index >= 15 is 0 Å². The van der Waals surface area contributed by atoms with Crippen molar-refractivity contribution >= 4 is 11.6 Å². The molecule has 94 valence electrons. The number of aryl methyl sites for hydroxylation is 1. The van der Waals surface area contributed by atoms with Gasteiger partial charge in [0, 0.05) is 45.8 Å². The molecule has 3 aliphatic heterocycles. The SMILES string of the molecule is Cn1ncc(Cl)c1C(N)C1CN2CCN1CC2. The van der Waals surface area contributed by atoms with Gasteiger partial charge in [0.25, 0.3) is 0 Å². The fraction of sp³-hybridized carbons (Fsp3) is 0.727. The maximum absolute atomic E-state index is 6.39. The lowest BCUT2D eigenvalue weighted by atomic mass is 9.98. The summed E-state index contributed by atoms with van der Waals surface area (Å²) in [6, 6.07) is 0.309. The summed E-state index contributed by atoms with van der Waals surface area (Å²) in [4.78, 5) is 4.96. The highest BCUT2D eigenvalue weighted by Gasteiger charge is 2.37. The van der Waals surface area contributed by atoms with E-state index in [-0.39, 0.29) is 6.04 Å². The van der Waals surface area contributed by atoms with Gasteiger partial charge in [-0.15, -0.1) is 0 Å². The molecule has 2 atom stereocenters. The van der Waals surface area contributed by atoms with Crippen molar-refractivity contribution in [3.63, 3.8) is 0 Å². The van der Waals surface area contributed by atoms with E-state index in [4.69, 9.17) is 17.3 Å². The Labute approximate surface area is 106 Å². The molecule has 0 aliphatic carbocycles. The van der Waals surface area contributed by atoms with Gasteiger partial charge in [0.2, 0.25) is 0 Å². The van der Waals surface area contributed by atoms with Crippen LogP contribution in [0.5, 0.6) is 0 Å². The Morgan fingerprint density at radius 2 is 2.12 bits per heavy atom. The molecule has 5 nitrogen and oxygen atoms in total. The first kappa shape index (κ1) is 11.5. The van der Waals surface area contributed by atoms with Gasteiger partial charge in [-0.05, 0) is 0 Å². The molecule has 4 rings (SSSR count). The second-order valence-corrected chi connectivity index (χ2v) is 5.34. The maximum atomic E-state index is 6.39. The summed E-state index contributed by atoms with van der Waals surface area (Å²) in [7, 11) is 1.90. The fourth-order valence-corrected chi connectivity index (χ4v) is 3.27. The van der Waals surface area contributed by atoms with Crippen LogP contribution in [0, 0.1) is 0 Å². The van der Waals surface area contributed by atoms with Crippen molar-refractivity contribution in [3.05, 3.63) is 16.9 Å². The third-order valence-electron chi connectivity index (χ3n) is 3.99. The van der Waals surface area contributed by atoms with Crippen LogP contribution in [0.3, 0.4) is 0 Å². The van der Waals surface area contributed by atoms with Gasteiger partial charge in [-0.1, -0.05) is 11.6 Å². The summed E-state index contributed by atoms with van der Waals surface area (Å²) in [5, 5.41) is 4.85. The van der Waals surface area contributed by atoms with Gasteiger partial charge in [-0.2, -0.15) is 5.10 Å². The molecule has 1 aromatic heterocycles. The van der Waals surface area contributed by atoms with Crippen LogP contribution in [0.2, 0.25) is 5.02 Å². The molecule has 0 saturated carbocycles. The number of hydrogen-bond acceptors (Lipinski definition) is 4. The van der Waals surface area contributed by atoms with Gasteiger partial charge in [0.1, 0.15) is 0 Å². The molecule has 3 fully saturated rings. The van der Waals surface area contributed by atoms with Crippen molar-refractivity contribution in [1.82, 2.24) is 19.6 Å². The van der Waals surface area contributed by atoms with E-state index in [1.807, 2.05) is 7.05 Å². The number of halogens is 1. The zero-order valence-electron chi connectivity index (χ0n) is 10.0. The van der Waals surface area contributed by atoms with Crippen molar-refractivity contribution in [1.29, 1.82) is 0 Å². The number of rotatable bonds is 2. The second kappa shape index (κ2) is 4.24. The first-order chi connectivity index (χ1) is 8.16. The molecule has 3 aliphatic rings. The Kier molecular flexibility index (Phi) is 2.86. The van der Waals surface area contributed by atoms with Gasteiger partial charge in [0.15, 0.2) is 0 Å². The third kappa shape index (κ3) is 1.87. The minimum absolute atomic E-state index is 0.0573. The Balaban J connectivity index is 1.85. The van der Waals surface area contributed by atoms with E-state index < -0.39 is 0 Å². The van der Waals surface area contributed by atoms with E-state index in [1.165, 1.54) is 13.1 Å². The van der Waals surface area contributed by atoms with E-state index in [0.717, 1.165) is 25.3 Å². The number of piperazine rings is 3. The van der Waals surface area contributed by atoms with Crippen LogP contribution < -0.4 is 5.73 Å². The van der Waals surface area contributed by atoms with Crippen LogP contribution in [0.4, 0.5) is 0 Å². The molecule has 0 amide bonds. The number of hydrogen-bond donors (Lipinski definition) is 1. The first-order valence-corrected chi connectivity index (χ1v) is 6.44. The van der Waals surface area contributed by atoms with Gasteiger partial charge in [-0.3, -0.25) is 14.5 Å². The van der Waals surface area contributed by atoms with Crippen molar-refractivity contribution < 1.29 is 0 Å². The van der Waals surface area contributed by atoms with Crippen molar-refractivity contribution in [2.75, 3.05) is 32.7 Å². The zero-order valence-corrected chi connectivity index (χ0v) is 10.8. The largest absolute Gasteiger partial charge is 0.321 e. The van der Waals surface area contributed by atoms with E-state index in [2.05, 4.69) is 14.9 Å². The number of nitrogens with zero attached hydrogens (tertiary/aromatic N) is 4. The third-order valence-corrected chi connectivity index (χ3v) is 4.28. The van der Waals surface area contributed by atoms with Crippen LogP contribution in [-0.4, -0.2) is 58.3 Å². The van der Waals surface area contributed by atoms with Gasteiger partial charge >= 0.3 is 0 Å². The summed E-state index contributed by atoms with van der Waals surface area (Å²) < 4.78 is 1.80. The van der Waals surface area contributed by atoms with Gasteiger partial charge < -0.3 is 5.73 Å². The van der Waals surface area contributed by atoms with Crippen molar-refractivity contribution in [3.8, 4) is 0 Å². The monoisotopic (exact) mass is 255 g/mol. The van der Waals surface area contributed by atoms with Crippen LogP contribution in [0.15, 0.2) is 6.20 Å². The molecule has 2 N–H and O–H groups in total. The molecular weight excluding hydrogens is 238 g/mol. The summed E-state index contributed by atoms with van der Waals surface area (Å²) in [6.07, 6.45) is 1.67. The molecule has 0 aromatic carbocycles. The van der Waals surface area contributed by atoms with Crippen molar-refractivity contribution in [2.45, 2.75) is 12.1 Å². The average Bonchev–Trinajstić information content (AvgIpc) is 2.70. The smallest absolute Gasteiger partial charge is 0.0834 e. The lowest BCUT2D eigenvalue weighted by Crippen LogP contribution is -2.63. The molecule has 4 heterocycles. The predicted molar refractivity (Wildman–Crippen MR) is 66.9 cm³/mol. The average molecular weight is 256 g/mol. The minimum atomic E-state index is -0.0573. The summed E-state index contributed by atoms with van der Waals surface area (Å²) in [5.41, 5.74) is 7.34. The van der Waals surface area contributed by atoms with Gasteiger partial charge in [-0.25, -0.2) is 0 Å². The van der Waals surface area contributed by atoms with Crippen molar-refractivity contribution in [2.24, 2.45) is 12.8 Å². The maximum Gasteiger partial charge on any atom is 0.0834 e. The molecule has 2 unspecified atom stereocenters. The molecular formula is C11H18ClN5. The van der Waals surface area contributed by atoms with Crippen LogP contribution in [0.1, 0.15) is 11.7 Å². The quantitative estimate of drug-likeness (QED) is 0.813. The molecule has 6 heteroatoms. The predicted octanol–water partition coefficient (Wildman–Crippen LogP) is 0.0731. The summed E-state index contributed by atoms with van der Waals surface area (Å²) in [5.74, 6) is 0. The zero-order chi connectivity index (χ0) is 12.0. The Morgan fingerprint density at radius 1 is 1.41 bits per heavy atom. The number of nitrogens with two attached hydrogens (primary N) is 1. The van der Waals surface area contributed by atoms with E-state index in [0.29, 0.717) is 11.1 Å². The molecule has 0 spiro atoms. The molecule has 17 heavy (non-hydrogen) atoms. The Bertz CT molecular complexity index is 390. The van der Waals surface area contributed by atoms with E-state index in [9.17, 15) is 0 Å². The Hall–Kier alpha value is -0.620. The topological polar surface area (TPSA) is 50.3 Å². The van der Waals surface area contributed by atoms with Gasteiger partial charge in [0.05, 0.1) is 23.0 Å². The molecule has 0 radical (unpaired) electrons. The van der Waals surface area contributed by atoms with Crippen LogP contribution in [0.25, 0.3) is 0 Å². The number of aromatic nitrogens is 2. The second-order valence-electron chi connectivity index (χ2n) is 4.93. The summed E-state index contributed by atoms with van der Waals surface area (Å²) in [6.45, 7) is 5.62. The van der Waals surface area contributed by atoms with E-state index in [1.54, 1.807) is 10.9 Å². The molecule has 3 saturated heterocycles. The molecule has 1 aromatic rings. The molecule has 2 bridgehead atoms. The first-order valence-electron chi connectivity index (χ1n) is 6.06. The lowest BCUT2D eigenvalue weighted by Gasteiger charge is -2.49. The highest BCUT2D eigenvalue weighted by Crippen LogP contribution is 2.29. The fourth-order valence-electron chi connectivity index (χ4n) is 2.98. The summed E-state index contributed by atoms with van der Waals surface area (Å²) >= 11 is 6.17. The normalized spacial score (nSPS) is 33.9. The highest BCUT2D eigenvalue weighted by atomic mass is 35.5. The standard InChI is InChI=1S/C11H18ClN5/c1-15-11(8(12)6-14-15)10(13)9-7-16-2-4-17(9)5-3-16/h6,9-10H,2-5,7,13H2,1H3. The van der Waals surface area contributed by atoms with Crippen LogP contribution in [-0.2, 0) is 7.05 Å². The number of fused-ring (bicyclic) bond motifs is 3.